The molecule has 0 unspecified atom stereocenters. The molecule has 108 valence electrons. The minimum atomic E-state index is -0.833. The van der Waals surface area contributed by atoms with Gasteiger partial charge in [-0.3, -0.25) is 0 Å². The van der Waals surface area contributed by atoms with Crippen molar-refractivity contribution in [3.63, 3.8) is 0 Å². The molecule has 0 saturated carbocycles. The summed E-state index contributed by atoms with van der Waals surface area (Å²) in [6.07, 6.45) is 10.6. The molecule has 1 N–H and O–H groups in total. The maximum atomic E-state index is 11.0. The number of unbranched alkanes of at least 4 members (excludes halogenated alkanes) is 6. The first kappa shape index (κ1) is 16.2. The number of nitrogens with zero attached hydrogens (tertiary/aromatic N) is 1. The van der Waals surface area contributed by atoms with Crippen LogP contribution in [-0.2, 0) is 12.8 Å². The molecule has 0 spiro atoms. The molecule has 4 heteroatoms. The summed E-state index contributed by atoms with van der Waals surface area (Å²) in [7, 11) is 0. The second-order valence-corrected chi connectivity index (χ2v) is 6.00. The molecule has 0 radical (unpaired) electrons. The summed E-state index contributed by atoms with van der Waals surface area (Å²) in [6, 6.07) is 0. The first-order chi connectivity index (χ1) is 9.19. The Hall–Kier alpha value is -0.900. The van der Waals surface area contributed by atoms with Crippen LogP contribution in [0.1, 0.15) is 79.2 Å². The molecule has 19 heavy (non-hydrogen) atoms. The maximum Gasteiger partial charge on any atom is 0.347 e. The van der Waals surface area contributed by atoms with Crippen molar-refractivity contribution in [2.75, 3.05) is 0 Å². The molecule has 0 saturated heterocycles. The van der Waals surface area contributed by atoms with Crippen molar-refractivity contribution in [3.8, 4) is 0 Å². The first-order valence-electron chi connectivity index (χ1n) is 7.40. The Morgan fingerprint density at radius 2 is 1.74 bits per heavy atom. The van der Waals surface area contributed by atoms with Crippen LogP contribution in [0.15, 0.2) is 0 Å². The highest BCUT2D eigenvalue weighted by Crippen LogP contribution is 2.21. The zero-order valence-electron chi connectivity index (χ0n) is 12.1. The van der Waals surface area contributed by atoms with Crippen LogP contribution in [0.25, 0.3) is 0 Å². The molecule has 0 atom stereocenters. The average molecular weight is 283 g/mol. The number of hydrogen-bond donors (Lipinski definition) is 1. The van der Waals surface area contributed by atoms with E-state index in [0.717, 1.165) is 23.5 Å². The summed E-state index contributed by atoms with van der Waals surface area (Å²) in [5, 5.41) is 10.1. The van der Waals surface area contributed by atoms with Crippen molar-refractivity contribution >= 4 is 17.3 Å². The summed E-state index contributed by atoms with van der Waals surface area (Å²) >= 11 is 1.35. The molecule has 1 heterocycles. The second kappa shape index (κ2) is 9.08. The fraction of sp³-hybridized carbons (Fsp3) is 0.733. The molecule has 1 aromatic heterocycles. The number of hydrogen-bond acceptors (Lipinski definition) is 3. The van der Waals surface area contributed by atoms with Gasteiger partial charge in [-0.05, 0) is 19.3 Å². The SMILES string of the molecule is CCCCCCCCCc1nc(CC)c(C(=O)O)s1. The molecule has 0 fully saturated rings. The molecule has 0 amide bonds. The van der Waals surface area contributed by atoms with Crippen molar-refractivity contribution in [3.05, 3.63) is 15.6 Å². The highest BCUT2D eigenvalue weighted by molar-refractivity contribution is 7.13. The fourth-order valence-electron chi connectivity index (χ4n) is 2.15. The lowest BCUT2D eigenvalue weighted by molar-refractivity contribution is 0.0701. The van der Waals surface area contributed by atoms with E-state index in [1.54, 1.807) is 0 Å². The lowest BCUT2D eigenvalue weighted by atomic mass is 10.1. The lowest BCUT2D eigenvalue weighted by Gasteiger charge is -1.99. The van der Waals surface area contributed by atoms with Gasteiger partial charge >= 0.3 is 5.97 Å². The number of carboxylic acids is 1. The number of rotatable bonds is 10. The molecule has 1 rings (SSSR count). The fourth-order valence-corrected chi connectivity index (χ4v) is 3.18. The predicted molar refractivity (Wildman–Crippen MR) is 80.1 cm³/mol. The standard InChI is InChI=1S/C15H25NO2S/c1-3-5-6-7-8-9-10-11-13-16-12(4-2)14(19-13)15(17)18/h3-11H2,1-2H3,(H,17,18). The Balaban J connectivity index is 2.28. The van der Waals surface area contributed by atoms with Crippen molar-refractivity contribution in [2.24, 2.45) is 0 Å². The van der Waals surface area contributed by atoms with E-state index in [1.807, 2.05) is 6.92 Å². The number of carbonyl (C=O) groups is 1. The van der Waals surface area contributed by atoms with Crippen LogP contribution in [0.5, 0.6) is 0 Å². The number of carboxylic acid groups (broad SMARTS) is 1. The molecule has 0 aliphatic carbocycles. The van der Waals surface area contributed by atoms with E-state index in [2.05, 4.69) is 11.9 Å². The van der Waals surface area contributed by atoms with Gasteiger partial charge in [0.05, 0.1) is 10.7 Å². The molecular weight excluding hydrogens is 258 g/mol. The van der Waals surface area contributed by atoms with Gasteiger partial charge < -0.3 is 5.11 Å². The minimum Gasteiger partial charge on any atom is -0.477 e. The van der Waals surface area contributed by atoms with Crippen LogP contribution < -0.4 is 0 Å². The molecule has 0 aromatic carbocycles. The van der Waals surface area contributed by atoms with E-state index in [0.29, 0.717) is 11.3 Å². The van der Waals surface area contributed by atoms with Gasteiger partial charge in [-0.1, -0.05) is 52.4 Å². The number of aromatic nitrogens is 1. The third kappa shape index (κ3) is 5.72. The Kier molecular flexibility index (Phi) is 7.72. The Bertz CT molecular complexity index is 387. The van der Waals surface area contributed by atoms with Gasteiger partial charge in [-0.2, -0.15) is 0 Å². The van der Waals surface area contributed by atoms with E-state index in [4.69, 9.17) is 5.11 Å². The van der Waals surface area contributed by atoms with Crippen molar-refractivity contribution in [1.82, 2.24) is 4.98 Å². The van der Waals surface area contributed by atoms with E-state index in [1.165, 1.54) is 49.9 Å². The normalized spacial score (nSPS) is 10.8. The molecule has 1 aromatic rings. The number of thiazole rings is 1. The summed E-state index contributed by atoms with van der Waals surface area (Å²) in [5.74, 6) is -0.833. The van der Waals surface area contributed by atoms with Crippen LogP contribution in [0, 0.1) is 0 Å². The van der Waals surface area contributed by atoms with Gasteiger partial charge in [0.2, 0.25) is 0 Å². The molecule has 0 bridgehead atoms. The predicted octanol–water partition coefficient (Wildman–Crippen LogP) is 4.70. The van der Waals surface area contributed by atoms with Gasteiger partial charge in [-0.25, -0.2) is 9.78 Å². The molecule has 3 nitrogen and oxygen atoms in total. The van der Waals surface area contributed by atoms with Crippen LogP contribution in [0.4, 0.5) is 0 Å². The largest absolute Gasteiger partial charge is 0.477 e. The Morgan fingerprint density at radius 1 is 1.11 bits per heavy atom. The van der Waals surface area contributed by atoms with Gasteiger partial charge in [0.1, 0.15) is 4.88 Å². The average Bonchev–Trinajstić information content (AvgIpc) is 2.81. The molecule has 0 aliphatic rings. The smallest absolute Gasteiger partial charge is 0.347 e. The number of aryl methyl sites for hydroxylation is 2. The maximum absolute atomic E-state index is 11.0. The first-order valence-corrected chi connectivity index (χ1v) is 8.22. The highest BCUT2D eigenvalue weighted by atomic mass is 32.1. The summed E-state index contributed by atoms with van der Waals surface area (Å²) in [5.41, 5.74) is 0.746. The van der Waals surface area contributed by atoms with Crippen molar-refractivity contribution < 1.29 is 9.90 Å². The van der Waals surface area contributed by atoms with Gasteiger partial charge in [0.15, 0.2) is 0 Å². The van der Waals surface area contributed by atoms with E-state index in [-0.39, 0.29) is 0 Å². The van der Waals surface area contributed by atoms with Crippen LogP contribution in [0.3, 0.4) is 0 Å². The van der Waals surface area contributed by atoms with Gasteiger partial charge in [-0.15, -0.1) is 11.3 Å². The van der Waals surface area contributed by atoms with Crippen LogP contribution in [-0.4, -0.2) is 16.1 Å². The highest BCUT2D eigenvalue weighted by Gasteiger charge is 2.15. The summed E-state index contributed by atoms with van der Waals surface area (Å²) in [6.45, 7) is 4.19. The summed E-state index contributed by atoms with van der Waals surface area (Å²) < 4.78 is 0. The third-order valence-corrected chi connectivity index (χ3v) is 4.41. The zero-order valence-corrected chi connectivity index (χ0v) is 12.9. The monoisotopic (exact) mass is 283 g/mol. The van der Waals surface area contributed by atoms with E-state index >= 15 is 0 Å². The van der Waals surface area contributed by atoms with Crippen molar-refractivity contribution in [2.45, 2.75) is 71.6 Å². The zero-order chi connectivity index (χ0) is 14.1. The molecular formula is C15H25NO2S. The van der Waals surface area contributed by atoms with Crippen LogP contribution in [0.2, 0.25) is 0 Å². The van der Waals surface area contributed by atoms with Gasteiger partial charge in [0.25, 0.3) is 0 Å². The Labute approximate surface area is 120 Å². The number of aromatic carboxylic acids is 1. The lowest BCUT2D eigenvalue weighted by Crippen LogP contribution is -1.97. The Morgan fingerprint density at radius 3 is 2.26 bits per heavy atom. The van der Waals surface area contributed by atoms with E-state index in [9.17, 15) is 4.79 Å². The third-order valence-electron chi connectivity index (χ3n) is 3.26. The topological polar surface area (TPSA) is 50.2 Å². The quantitative estimate of drug-likeness (QED) is 0.633. The second-order valence-electron chi connectivity index (χ2n) is 4.91. The van der Waals surface area contributed by atoms with Crippen LogP contribution >= 0.6 is 11.3 Å². The minimum absolute atomic E-state index is 0.431. The summed E-state index contributed by atoms with van der Waals surface area (Å²) in [4.78, 5) is 15.9. The van der Waals surface area contributed by atoms with E-state index < -0.39 is 5.97 Å². The molecule has 0 aliphatic heterocycles. The van der Waals surface area contributed by atoms with Crippen molar-refractivity contribution in [1.29, 1.82) is 0 Å². The van der Waals surface area contributed by atoms with Gasteiger partial charge in [0, 0.05) is 0 Å².